The SMILES string of the molecule is CCOc1ccc(N(CC(=O)N(Cc2cccc(Cl)c2)[C@@H](C)C(=O)NC)S(=O)(=O)c2ccc(Cl)cc2)cc1. The van der Waals surface area contributed by atoms with Gasteiger partial charge in [0.15, 0.2) is 0 Å². The summed E-state index contributed by atoms with van der Waals surface area (Å²) in [6.45, 7) is 3.36. The zero-order valence-corrected chi connectivity index (χ0v) is 23.6. The van der Waals surface area contributed by atoms with Gasteiger partial charge in [0.25, 0.3) is 10.0 Å². The van der Waals surface area contributed by atoms with Crippen molar-refractivity contribution in [2.45, 2.75) is 31.3 Å². The van der Waals surface area contributed by atoms with Gasteiger partial charge in [0, 0.05) is 23.6 Å². The summed E-state index contributed by atoms with van der Waals surface area (Å²) in [4.78, 5) is 27.6. The molecule has 202 valence electrons. The minimum atomic E-state index is -4.19. The number of hydrogen-bond donors (Lipinski definition) is 1. The molecule has 38 heavy (non-hydrogen) atoms. The summed E-state index contributed by atoms with van der Waals surface area (Å²) in [6, 6.07) is 18.1. The third kappa shape index (κ3) is 7.18. The van der Waals surface area contributed by atoms with Crippen molar-refractivity contribution in [1.82, 2.24) is 10.2 Å². The van der Waals surface area contributed by atoms with E-state index in [9.17, 15) is 18.0 Å². The van der Waals surface area contributed by atoms with Crippen molar-refractivity contribution in [2.24, 2.45) is 0 Å². The fourth-order valence-electron chi connectivity index (χ4n) is 3.76. The molecule has 0 unspecified atom stereocenters. The lowest BCUT2D eigenvalue weighted by Gasteiger charge is -2.31. The number of carbonyl (C=O) groups is 2. The second-order valence-corrected chi connectivity index (χ2v) is 11.1. The molecule has 1 N–H and O–H groups in total. The zero-order valence-electron chi connectivity index (χ0n) is 21.2. The molecule has 3 rings (SSSR count). The molecule has 3 aromatic rings. The molecule has 0 fully saturated rings. The van der Waals surface area contributed by atoms with Gasteiger partial charge in [-0.25, -0.2) is 8.42 Å². The Labute approximate surface area is 233 Å². The van der Waals surface area contributed by atoms with Gasteiger partial charge >= 0.3 is 0 Å². The van der Waals surface area contributed by atoms with Crippen LogP contribution in [-0.4, -0.2) is 51.4 Å². The highest BCUT2D eigenvalue weighted by Gasteiger charge is 2.32. The van der Waals surface area contributed by atoms with E-state index < -0.39 is 34.4 Å². The first kappa shape index (κ1) is 29.3. The number of halogens is 2. The van der Waals surface area contributed by atoms with Crippen molar-refractivity contribution in [1.29, 1.82) is 0 Å². The predicted octanol–water partition coefficient (Wildman–Crippen LogP) is 4.75. The van der Waals surface area contributed by atoms with Gasteiger partial charge in [-0.2, -0.15) is 0 Å². The number of nitrogens with one attached hydrogen (secondary N) is 1. The number of sulfonamides is 1. The highest BCUT2D eigenvalue weighted by Crippen LogP contribution is 2.27. The van der Waals surface area contributed by atoms with Crippen molar-refractivity contribution in [3.05, 3.63) is 88.4 Å². The van der Waals surface area contributed by atoms with Crippen molar-refractivity contribution in [3.63, 3.8) is 0 Å². The molecule has 0 saturated heterocycles. The number of hydrogen-bond acceptors (Lipinski definition) is 5. The first-order valence-corrected chi connectivity index (χ1v) is 14.0. The molecular formula is C27H29Cl2N3O5S. The van der Waals surface area contributed by atoms with Gasteiger partial charge in [-0.05, 0) is 80.1 Å². The second-order valence-electron chi connectivity index (χ2n) is 8.33. The van der Waals surface area contributed by atoms with Crippen LogP contribution < -0.4 is 14.4 Å². The topological polar surface area (TPSA) is 96.0 Å². The van der Waals surface area contributed by atoms with Gasteiger partial charge in [0.05, 0.1) is 17.2 Å². The molecule has 0 radical (unpaired) electrons. The molecule has 0 bridgehead atoms. The van der Waals surface area contributed by atoms with Crippen molar-refractivity contribution >= 4 is 50.7 Å². The van der Waals surface area contributed by atoms with Crippen LogP contribution in [0.4, 0.5) is 5.69 Å². The van der Waals surface area contributed by atoms with Crippen LogP contribution in [0.15, 0.2) is 77.7 Å². The van der Waals surface area contributed by atoms with E-state index in [4.69, 9.17) is 27.9 Å². The molecule has 3 aromatic carbocycles. The van der Waals surface area contributed by atoms with E-state index in [0.29, 0.717) is 28.0 Å². The van der Waals surface area contributed by atoms with Crippen LogP contribution in [-0.2, 0) is 26.2 Å². The molecule has 1 atom stereocenters. The quantitative estimate of drug-likeness (QED) is 0.354. The first-order chi connectivity index (χ1) is 18.1. The Bertz CT molecular complexity index is 1370. The summed E-state index contributed by atoms with van der Waals surface area (Å²) in [5.74, 6) is -0.414. The summed E-state index contributed by atoms with van der Waals surface area (Å²) >= 11 is 12.1. The van der Waals surface area contributed by atoms with Gasteiger partial charge < -0.3 is 15.0 Å². The Hall–Kier alpha value is -3.27. The number of rotatable bonds is 11. The number of carbonyl (C=O) groups excluding carboxylic acids is 2. The predicted molar refractivity (Wildman–Crippen MR) is 149 cm³/mol. The van der Waals surface area contributed by atoms with Crippen molar-refractivity contribution < 1.29 is 22.7 Å². The second kappa shape index (κ2) is 13.0. The highest BCUT2D eigenvalue weighted by molar-refractivity contribution is 7.92. The lowest BCUT2D eigenvalue weighted by Crippen LogP contribution is -2.50. The van der Waals surface area contributed by atoms with Crippen LogP contribution in [0.1, 0.15) is 19.4 Å². The number of anilines is 1. The Morgan fingerprint density at radius 3 is 2.21 bits per heavy atom. The number of benzene rings is 3. The molecule has 0 spiro atoms. The summed E-state index contributed by atoms with van der Waals surface area (Å²) in [7, 11) is -2.72. The van der Waals surface area contributed by atoms with Gasteiger partial charge in [-0.1, -0.05) is 35.3 Å². The van der Waals surface area contributed by atoms with Crippen molar-refractivity contribution in [2.75, 3.05) is 24.5 Å². The number of nitrogens with zero attached hydrogens (tertiary/aromatic N) is 2. The standard InChI is InChI=1S/C27H29Cl2N3O5S/c1-4-37-24-12-10-23(11-13-24)32(38(35,36)25-14-8-21(28)9-15-25)18-26(33)31(19(2)27(34)30-3)17-20-6-5-7-22(29)16-20/h5-16,19H,4,17-18H2,1-3H3,(H,30,34)/t19-/m0/s1. The van der Waals surface area contributed by atoms with E-state index in [1.54, 1.807) is 55.5 Å². The van der Waals surface area contributed by atoms with Crippen LogP contribution in [0, 0.1) is 0 Å². The third-order valence-electron chi connectivity index (χ3n) is 5.77. The molecule has 0 saturated carbocycles. The fourth-order valence-corrected chi connectivity index (χ4v) is 5.51. The maximum absolute atomic E-state index is 13.8. The largest absolute Gasteiger partial charge is 0.494 e. The average molecular weight is 579 g/mol. The smallest absolute Gasteiger partial charge is 0.264 e. The lowest BCUT2D eigenvalue weighted by atomic mass is 10.1. The van der Waals surface area contributed by atoms with Crippen LogP contribution in [0.2, 0.25) is 10.0 Å². The van der Waals surface area contributed by atoms with Crippen LogP contribution in [0.3, 0.4) is 0 Å². The molecule has 0 aliphatic rings. The summed E-state index contributed by atoms with van der Waals surface area (Å²) in [6.07, 6.45) is 0. The minimum absolute atomic E-state index is 0.0377. The maximum Gasteiger partial charge on any atom is 0.264 e. The first-order valence-electron chi connectivity index (χ1n) is 11.8. The Kier molecular flexibility index (Phi) is 10.0. The van der Waals surface area contributed by atoms with Gasteiger partial charge in [0.2, 0.25) is 11.8 Å². The molecular weight excluding hydrogens is 549 g/mol. The maximum atomic E-state index is 13.8. The van der Waals surface area contributed by atoms with E-state index in [2.05, 4.69) is 5.32 Å². The van der Waals surface area contributed by atoms with E-state index in [1.807, 2.05) is 6.92 Å². The van der Waals surface area contributed by atoms with Gasteiger partial charge in [-0.3, -0.25) is 13.9 Å². The molecule has 8 nitrogen and oxygen atoms in total. The third-order valence-corrected chi connectivity index (χ3v) is 8.05. The Balaban J connectivity index is 2.03. The summed E-state index contributed by atoms with van der Waals surface area (Å²) < 4.78 is 34.0. The molecule has 0 aromatic heterocycles. The van der Waals surface area contributed by atoms with Crippen LogP contribution >= 0.6 is 23.2 Å². The molecule has 11 heteroatoms. The van der Waals surface area contributed by atoms with Gasteiger partial charge in [-0.15, -0.1) is 0 Å². The van der Waals surface area contributed by atoms with Crippen LogP contribution in [0.25, 0.3) is 0 Å². The number of likely N-dealkylation sites (N-methyl/N-ethyl adjacent to an activating group) is 1. The molecule has 0 heterocycles. The summed E-state index contributed by atoms with van der Waals surface area (Å²) in [5.41, 5.74) is 0.946. The van der Waals surface area contributed by atoms with E-state index >= 15 is 0 Å². The highest BCUT2D eigenvalue weighted by atomic mass is 35.5. The molecule has 2 amide bonds. The fraction of sp³-hybridized carbons (Fsp3) is 0.259. The van der Waals surface area contributed by atoms with Gasteiger partial charge in [0.1, 0.15) is 18.3 Å². The van der Waals surface area contributed by atoms with E-state index in [-0.39, 0.29) is 17.1 Å². The minimum Gasteiger partial charge on any atom is -0.494 e. The van der Waals surface area contributed by atoms with Crippen LogP contribution in [0.5, 0.6) is 5.75 Å². The zero-order chi connectivity index (χ0) is 27.9. The Morgan fingerprint density at radius 2 is 1.63 bits per heavy atom. The summed E-state index contributed by atoms with van der Waals surface area (Å²) in [5, 5.41) is 3.40. The molecule has 0 aliphatic carbocycles. The van der Waals surface area contributed by atoms with Crippen molar-refractivity contribution in [3.8, 4) is 5.75 Å². The Morgan fingerprint density at radius 1 is 0.974 bits per heavy atom. The van der Waals surface area contributed by atoms with E-state index in [1.165, 1.54) is 36.2 Å². The average Bonchev–Trinajstić information content (AvgIpc) is 2.90. The number of amides is 2. The monoisotopic (exact) mass is 577 g/mol. The van der Waals surface area contributed by atoms with E-state index in [0.717, 1.165) is 4.31 Å². The normalized spacial score (nSPS) is 11.9. The molecule has 0 aliphatic heterocycles. The lowest BCUT2D eigenvalue weighted by molar-refractivity contribution is -0.139. The number of ether oxygens (including phenoxy) is 1.